The largest absolute Gasteiger partial charge is 0.356 e. The molecule has 0 aliphatic carbocycles. The molecule has 1 aromatic rings. The summed E-state index contributed by atoms with van der Waals surface area (Å²) in [5.74, 6) is -1.48. The second-order valence-electron chi connectivity index (χ2n) is 6.28. The van der Waals surface area contributed by atoms with Crippen molar-refractivity contribution in [3.63, 3.8) is 0 Å². The molecule has 1 saturated heterocycles. The first-order chi connectivity index (χ1) is 9.76. The van der Waals surface area contributed by atoms with Gasteiger partial charge < -0.3 is 15.5 Å². The summed E-state index contributed by atoms with van der Waals surface area (Å²) in [7, 11) is 0. The monoisotopic (exact) mass is 297 g/mol. The minimum Gasteiger partial charge on any atom is -0.356 e. The molecule has 1 heterocycles. The van der Waals surface area contributed by atoms with Crippen LogP contribution in [0.4, 0.5) is 14.5 Å². The maximum Gasteiger partial charge on any atom is 0.239 e. The average Bonchev–Trinajstić information content (AvgIpc) is 2.35. The van der Waals surface area contributed by atoms with Gasteiger partial charge in [0.1, 0.15) is 17.3 Å². The Balaban J connectivity index is 2.19. The van der Waals surface area contributed by atoms with Gasteiger partial charge in [-0.2, -0.15) is 0 Å². The number of nitrogens with one attached hydrogen (secondary N) is 2. The number of halogens is 2. The molecule has 1 aromatic carbocycles. The fourth-order valence-electron chi connectivity index (χ4n) is 2.22. The van der Waals surface area contributed by atoms with Gasteiger partial charge in [0.05, 0.1) is 6.54 Å². The van der Waals surface area contributed by atoms with Crippen LogP contribution in [0.15, 0.2) is 12.1 Å². The lowest BCUT2D eigenvalue weighted by molar-refractivity contribution is -0.120. The van der Waals surface area contributed by atoms with Crippen molar-refractivity contribution in [2.45, 2.75) is 32.9 Å². The van der Waals surface area contributed by atoms with Crippen LogP contribution in [0.1, 0.15) is 26.3 Å². The zero-order valence-corrected chi connectivity index (χ0v) is 12.6. The van der Waals surface area contributed by atoms with Gasteiger partial charge in [0.15, 0.2) is 0 Å². The number of anilines is 1. The van der Waals surface area contributed by atoms with Crippen LogP contribution in [-0.4, -0.2) is 31.1 Å². The highest BCUT2D eigenvalue weighted by molar-refractivity contribution is 5.82. The summed E-state index contributed by atoms with van der Waals surface area (Å²) in [6.07, 6.45) is 0. The van der Waals surface area contributed by atoms with E-state index in [4.69, 9.17) is 0 Å². The second kappa shape index (κ2) is 5.97. The first-order valence-electron chi connectivity index (χ1n) is 7.01. The van der Waals surface area contributed by atoms with Crippen LogP contribution >= 0.6 is 0 Å². The van der Waals surface area contributed by atoms with Crippen LogP contribution in [-0.2, 0) is 11.3 Å². The number of rotatable bonds is 3. The van der Waals surface area contributed by atoms with Gasteiger partial charge in [-0.25, -0.2) is 8.78 Å². The molecule has 1 fully saturated rings. The summed E-state index contributed by atoms with van der Waals surface area (Å²) in [6.45, 7) is 7.12. The average molecular weight is 297 g/mol. The lowest BCUT2D eigenvalue weighted by atomic mass is 10.1. The topological polar surface area (TPSA) is 44.4 Å². The van der Waals surface area contributed by atoms with E-state index in [0.29, 0.717) is 25.2 Å². The molecule has 21 heavy (non-hydrogen) atoms. The van der Waals surface area contributed by atoms with E-state index in [1.165, 1.54) is 17.0 Å². The molecule has 2 rings (SSSR count). The third kappa shape index (κ3) is 4.14. The Kier molecular flexibility index (Phi) is 4.46. The van der Waals surface area contributed by atoms with Crippen LogP contribution in [0.25, 0.3) is 0 Å². The van der Waals surface area contributed by atoms with Crippen molar-refractivity contribution in [2.24, 2.45) is 0 Å². The minimum atomic E-state index is -0.629. The van der Waals surface area contributed by atoms with Gasteiger partial charge >= 0.3 is 0 Å². The third-order valence-corrected chi connectivity index (χ3v) is 3.25. The molecular weight excluding hydrogens is 276 g/mol. The third-order valence-electron chi connectivity index (χ3n) is 3.25. The van der Waals surface area contributed by atoms with Crippen molar-refractivity contribution in [1.82, 2.24) is 10.6 Å². The molecule has 4 nitrogen and oxygen atoms in total. The molecule has 0 unspecified atom stereocenters. The molecule has 0 radical (unpaired) electrons. The second-order valence-corrected chi connectivity index (χ2v) is 6.28. The lowest BCUT2D eigenvalue weighted by Crippen LogP contribution is -2.48. The zero-order chi connectivity index (χ0) is 15.6. The van der Waals surface area contributed by atoms with Crippen molar-refractivity contribution in [2.75, 3.05) is 24.5 Å². The summed E-state index contributed by atoms with van der Waals surface area (Å²) >= 11 is 0. The Morgan fingerprint density at radius 2 is 1.90 bits per heavy atom. The summed E-state index contributed by atoms with van der Waals surface area (Å²) in [6, 6.07) is 2.65. The van der Waals surface area contributed by atoms with Crippen LogP contribution in [0.3, 0.4) is 0 Å². The van der Waals surface area contributed by atoms with E-state index >= 15 is 0 Å². The number of amides is 1. The molecule has 116 valence electrons. The predicted molar refractivity (Wildman–Crippen MR) is 78.2 cm³/mol. The molecule has 0 aromatic heterocycles. The van der Waals surface area contributed by atoms with E-state index in [1.54, 1.807) is 0 Å². The molecule has 1 aliphatic heterocycles. The number of hydrogen-bond acceptors (Lipinski definition) is 3. The van der Waals surface area contributed by atoms with Gasteiger partial charge in [0, 0.05) is 25.2 Å². The fraction of sp³-hybridized carbons (Fsp3) is 0.533. The summed E-state index contributed by atoms with van der Waals surface area (Å²) in [4.78, 5) is 12.8. The maximum atomic E-state index is 14.2. The van der Waals surface area contributed by atoms with E-state index in [1.807, 2.05) is 20.8 Å². The molecule has 0 bridgehead atoms. The standard InChI is InChI=1S/C15H21F2N3O/c1-15(2,3)19-8-10-6-11(16)14(12(17)7-10)20-5-4-18-13(21)9-20/h6-7,19H,4-5,8-9H2,1-3H3,(H,18,21). The van der Waals surface area contributed by atoms with Gasteiger partial charge in [-0.1, -0.05) is 0 Å². The Labute approximate surface area is 123 Å². The quantitative estimate of drug-likeness (QED) is 0.894. The van der Waals surface area contributed by atoms with Crippen LogP contribution in [0.5, 0.6) is 0 Å². The summed E-state index contributed by atoms with van der Waals surface area (Å²) in [5, 5.41) is 5.82. The number of piperazine rings is 1. The number of benzene rings is 1. The molecule has 1 aliphatic rings. The van der Waals surface area contributed by atoms with Crippen molar-refractivity contribution in [3.05, 3.63) is 29.3 Å². The Morgan fingerprint density at radius 3 is 2.43 bits per heavy atom. The van der Waals surface area contributed by atoms with E-state index in [-0.39, 0.29) is 23.7 Å². The Morgan fingerprint density at radius 1 is 1.29 bits per heavy atom. The SMILES string of the molecule is CC(C)(C)NCc1cc(F)c(N2CCNC(=O)C2)c(F)c1. The smallest absolute Gasteiger partial charge is 0.239 e. The summed E-state index contributed by atoms with van der Waals surface area (Å²) in [5.41, 5.74) is 0.297. The predicted octanol–water partition coefficient (Wildman–Crippen LogP) is 1.79. The molecule has 2 N–H and O–H groups in total. The van der Waals surface area contributed by atoms with Crippen LogP contribution in [0, 0.1) is 11.6 Å². The van der Waals surface area contributed by atoms with Crippen molar-refractivity contribution in [1.29, 1.82) is 0 Å². The van der Waals surface area contributed by atoms with Gasteiger partial charge in [-0.3, -0.25) is 4.79 Å². The Hall–Kier alpha value is -1.69. The van der Waals surface area contributed by atoms with Gasteiger partial charge in [0.25, 0.3) is 0 Å². The number of carbonyl (C=O) groups excluding carboxylic acids is 1. The number of nitrogens with zero attached hydrogens (tertiary/aromatic N) is 1. The van der Waals surface area contributed by atoms with Gasteiger partial charge in [0.2, 0.25) is 5.91 Å². The fourth-order valence-corrected chi connectivity index (χ4v) is 2.22. The molecule has 0 spiro atoms. The first kappa shape index (κ1) is 15.7. The van der Waals surface area contributed by atoms with E-state index in [0.717, 1.165) is 0 Å². The highest BCUT2D eigenvalue weighted by Gasteiger charge is 2.23. The lowest BCUT2D eigenvalue weighted by Gasteiger charge is -2.29. The molecule has 1 amide bonds. The van der Waals surface area contributed by atoms with E-state index in [2.05, 4.69) is 10.6 Å². The first-order valence-corrected chi connectivity index (χ1v) is 7.01. The van der Waals surface area contributed by atoms with Gasteiger partial charge in [-0.05, 0) is 38.5 Å². The highest BCUT2D eigenvalue weighted by atomic mass is 19.1. The normalized spacial score (nSPS) is 16.0. The highest BCUT2D eigenvalue weighted by Crippen LogP contribution is 2.25. The summed E-state index contributed by atoms with van der Waals surface area (Å²) < 4.78 is 28.4. The molecule has 0 saturated carbocycles. The number of hydrogen-bond donors (Lipinski definition) is 2. The number of carbonyl (C=O) groups is 1. The van der Waals surface area contributed by atoms with Gasteiger partial charge in [-0.15, -0.1) is 0 Å². The van der Waals surface area contributed by atoms with Crippen molar-refractivity contribution >= 4 is 11.6 Å². The van der Waals surface area contributed by atoms with Crippen LogP contribution < -0.4 is 15.5 Å². The van der Waals surface area contributed by atoms with Crippen molar-refractivity contribution in [3.8, 4) is 0 Å². The molecule has 0 atom stereocenters. The zero-order valence-electron chi connectivity index (χ0n) is 12.6. The molecule has 6 heteroatoms. The maximum absolute atomic E-state index is 14.2. The minimum absolute atomic E-state index is 0.0204. The van der Waals surface area contributed by atoms with E-state index in [9.17, 15) is 13.6 Å². The molecular formula is C15H21F2N3O. The van der Waals surface area contributed by atoms with E-state index < -0.39 is 11.6 Å². The van der Waals surface area contributed by atoms with Crippen LogP contribution in [0.2, 0.25) is 0 Å². The van der Waals surface area contributed by atoms with Crippen molar-refractivity contribution < 1.29 is 13.6 Å². The Bertz CT molecular complexity index is 517.